The quantitative estimate of drug-likeness (QED) is 0.811. The summed E-state index contributed by atoms with van der Waals surface area (Å²) in [6.45, 7) is 2.44. The maximum atomic E-state index is 5.97. The SMILES string of the molecule is NC1CCC(N2CCc3sccc3C2)CC1. The summed E-state index contributed by atoms with van der Waals surface area (Å²) in [5, 5.41) is 2.24. The van der Waals surface area contributed by atoms with E-state index < -0.39 is 0 Å². The van der Waals surface area contributed by atoms with E-state index in [0.29, 0.717) is 6.04 Å². The van der Waals surface area contributed by atoms with Crippen molar-refractivity contribution in [3.05, 3.63) is 21.9 Å². The van der Waals surface area contributed by atoms with Gasteiger partial charge in [0.15, 0.2) is 0 Å². The molecule has 1 aliphatic heterocycles. The Bertz CT molecular complexity index is 353. The van der Waals surface area contributed by atoms with Crippen LogP contribution in [0.4, 0.5) is 0 Å². The molecule has 1 saturated carbocycles. The van der Waals surface area contributed by atoms with Gasteiger partial charge in [-0.1, -0.05) is 0 Å². The van der Waals surface area contributed by atoms with Crippen molar-refractivity contribution >= 4 is 11.3 Å². The van der Waals surface area contributed by atoms with Crippen molar-refractivity contribution < 1.29 is 0 Å². The molecule has 0 spiro atoms. The van der Waals surface area contributed by atoms with Gasteiger partial charge in [0.25, 0.3) is 0 Å². The minimum atomic E-state index is 0.470. The van der Waals surface area contributed by atoms with Crippen LogP contribution < -0.4 is 5.73 Å². The molecule has 88 valence electrons. The highest BCUT2D eigenvalue weighted by molar-refractivity contribution is 7.10. The summed E-state index contributed by atoms with van der Waals surface area (Å²) in [7, 11) is 0. The molecular weight excluding hydrogens is 216 g/mol. The van der Waals surface area contributed by atoms with Crippen LogP contribution in [-0.4, -0.2) is 23.5 Å². The summed E-state index contributed by atoms with van der Waals surface area (Å²) in [4.78, 5) is 4.30. The fourth-order valence-corrected chi connectivity index (χ4v) is 3.94. The van der Waals surface area contributed by atoms with Gasteiger partial charge in [-0.2, -0.15) is 0 Å². The highest BCUT2D eigenvalue weighted by Gasteiger charge is 2.27. The Morgan fingerprint density at radius 2 is 2.06 bits per heavy atom. The second kappa shape index (κ2) is 4.47. The normalized spacial score (nSPS) is 31.3. The van der Waals surface area contributed by atoms with Gasteiger partial charge in [-0.3, -0.25) is 4.90 Å². The fraction of sp³-hybridized carbons (Fsp3) is 0.692. The molecule has 0 radical (unpaired) electrons. The molecule has 0 aromatic carbocycles. The van der Waals surface area contributed by atoms with Crippen molar-refractivity contribution in [3.63, 3.8) is 0 Å². The van der Waals surface area contributed by atoms with Crippen molar-refractivity contribution in [3.8, 4) is 0 Å². The molecule has 1 fully saturated rings. The Hall–Kier alpha value is -0.380. The van der Waals surface area contributed by atoms with Gasteiger partial charge >= 0.3 is 0 Å². The first kappa shape index (κ1) is 10.8. The number of thiophene rings is 1. The molecule has 0 amide bonds. The largest absolute Gasteiger partial charge is 0.328 e. The Balaban J connectivity index is 1.65. The standard InChI is InChI=1S/C13H20N2S/c14-11-1-3-12(4-2-11)15-7-5-13-10(9-15)6-8-16-13/h6,8,11-12H,1-5,7,9,14H2. The number of rotatable bonds is 1. The molecule has 16 heavy (non-hydrogen) atoms. The minimum Gasteiger partial charge on any atom is -0.328 e. The summed E-state index contributed by atoms with van der Waals surface area (Å²) in [6.07, 6.45) is 6.31. The van der Waals surface area contributed by atoms with Crippen molar-refractivity contribution in [2.75, 3.05) is 6.54 Å². The smallest absolute Gasteiger partial charge is 0.0247 e. The van der Waals surface area contributed by atoms with Crippen LogP contribution in [0.1, 0.15) is 36.1 Å². The number of hydrogen-bond acceptors (Lipinski definition) is 3. The second-order valence-corrected chi connectivity index (χ2v) is 6.16. The molecule has 0 saturated heterocycles. The lowest BCUT2D eigenvalue weighted by Crippen LogP contribution is -2.42. The molecule has 1 aliphatic carbocycles. The number of fused-ring (bicyclic) bond motifs is 1. The van der Waals surface area contributed by atoms with Crippen LogP contribution in [0.3, 0.4) is 0 Å². The zero-order valence-electron chi connectivity index (χ0n) is 9.69. The van der Waals surface area contributed by atoms with Crippen LogP contribution in [0.5, 0.6) is 0 Å². The monoisotopic (exact) mass is 236 g/mol. The summed E-state index contributed by atoms with van der Waals surface area (Å²) >= 11 is 1.93. The van der Waals surface area contributed by atoms with Gasteiger partial charge in [-0.05, 0) is 49.1 Å². The third-order valence-electron chi connectivity index (χ3n) is 4.09. The van der Waals surface area contributed by atoms with Crippen molar-refractivity contribution in [2.24, 2.45) is 5.73 Å². The molecular formula is C13H20N2S. The molecule has 0 unspecified atom stereocenters. The van der Waals surface area contributed by atoms with E-state index in [2.05, 4.69) is 16.3 Å². The van der Waals surface area contributed by atoms with Gasteiger partial charge < -0.3 is 5.73 Å². The Morgan fingerprint density at radius 3 is 2.88 bits per heavy atom. The highest BCUT2D eigenvalue weighted by Crippen LogP contribution is 2.29. The summed E-state index contributed by atoms with van der Waals surface area (Å²) in [5.74, 6) is 0. The van der Waals surface area contributed by atoms with Crippen LogP contribution in [0.15, 0.2) is 11.4 Å². The molecule has 1 aromatic rings. The number of nitrogens with two attached hydrogens (primary N) is 1. The van der Waals surface area contributed by atoms with Gasteiger partial charge in [0.1, 0.15) is 0 Å². The minimum absolute atomic E-state index is 0.470. The van der Waals surface area contributed by atoms with E-state index in [1.807, 2.05) is 11.3 Å². The predicted octanol–water partition coefficient (Wildman–Crippen LogP) is 2.38. The van der Waals surface area contributed by atoms with Crippen LogP contribution in [-0.2, 0) is 13.0 Å². The van der Waals surface area contributed by atoms with Crippen LogP contribution >= 0.6 is 11.3 Å². The maximum absolute atomic E-state index is 5.97. The second-order valence-electron chi connectivity index (χ2n) is 5.16. The van der Waals surface area contributed by atoms with E-state index in [9.17, 15) is 0 Å². The molecule has 3 heteroatoms. The molecule has 2 aliphatic rings. The zero-order chi connectivity index (χ0) is 11.0. The van der Waals surface area contributed by atoms with E-state index >= 15 is 0 Å². The zero-order valence-corrected chi connectivity index (χ0v) is 10.5. The van der Waals surface area contributed by atoms with E-state index in [1.165, 1.54) is 45.2 Å². The van der Waals surface area contributed by atoms with Crippen molar-refractivity contribution in [2.45, 2.75) is 50.7 Å². The van der Waals surface area contributed by atoms with Gasteiger partial charge in [-0.25, -0.2) is 0 Å². The first-order chi connectivity index (χ1) is 7.83. The van der Waals surface area contributed by atoms with Crippen LogP contribution in [0.2, 0.25) is 0 Å². The third-order valence-corrected chi connectivity index (χ3v) is 5.12. The van der Waals surface area contributed by atoms with E-state index in [4.69, 9.17) is 5.73 Å². The van der Waals surface area contributed by atoms with Crippen molar-refractivity contribution in [1.82, 2.24) is 4.90 Å². The number of nitrogens with zero attached hydrogens (tertiary/aromatic N) is 1. The molecule has 2 nitrogen and oxygen atoms in total. The third kappa shape index (κ3) is 2.04. The predicted molar refractivity (Wildman–Crippen MR) is 68.7 cm³/mol. The lowest BCUT2D eigenvalue weighted by Gasteiger charge is -2.38. The maximum Gasteiger partial charge on any atom is 0.0247 e. The molecule has 3 rings (SSSR count). The van der Waals surface area contributed by atoms with E-state index in [-0.39, 0.29) is 0 Å². The van der Waals surface area contributed by atoms with Crippen LogP contribution in [0, 0.1) is 0 Å². The van der Waals surface area contributed by atoms with Gasteiger partial charge in [0, 0.05) is 30.1 Å². The topological polar surface area (TPSA) is 29.3 Å². The van der Waals surface area contributed by atoms with Crippen LogP contribution in [0.25, 0.3) is 0 Å². The highest BCUT2D eigenvalue weighted by atomic mass is 32.1. The molecule has 2 heterocycles. The first-order valence-corrected chi connectivity index (χ1v) is 7.26. The lowest BCUT2D eigenvalue weighted by molar-refractivity contribution is 0.136. The van der Waals surface area contributed by atoms with Gasteiger partial charge in [0.2, 0.25) is 0 Å². The van der Waals surface area contributed by atoms with Crippen molar-refractivity contribution in [1.29, 1.82) is 0 Å². The Morgan fingerprint density at radius 1 is 1.25 bits per heavy atom. The molecule has 1 aromatic heterocycles. The van der Waals surface area contributed by atoms with Gasteiger partial charge in [0.05, 0.1) is 0 Å². The van der Waals surface area contributed by atoms with Gasteiger partial charge in [-0.15, -0.1) is 11.3 Å². The average molecular weight is 236 g/mol. The molecule has 0 bridgehead atoms. The average Bonchev–Trinajstić information content (AvgIpc) is 2.77. The Labute approximate surface area is 101 Å². The van der Waals surface area contributed by atoms with E-state index in [0.717, 1.165) is 6.04 Å². The lowest BCUT2D eigenvalue weighted by atomic mass is 9.90. The molecule has 0 atom stereocenters. The summed E-state index contributed by atoms with van der Waals surface area (Å²) in [5.41, 5.74) is 7.54. The molecule has 2 N–H and O–H groups in total. The number of hydrogen-bond donors (Lipinski definition) is 1. The van der Waals surface area contributed by atoms with E-state index in [1.54, 1.807) is 10.4 Å². The summed E-state index contributed by atoms with van der Waals surface area (Å²) in [6, 6.07) is 3.58. The fourth-order valence-electron chi connectivity index (χ4n) is 3.05. The summed E-state index contributed by atoms with van der Waals surface area (Å²) < 4.78 is 0. The Kier molecular flexibility index (Phi) is 3.01. The first-order valence-electron chi connectivity index (χ1n) is 6.38.